The Hall–Kier alpha value is -2.51. The number of thiazole rings is 1. The summed E-state index contributed by atoms with van der Waals surface area (Å²) in [5.41, 5.74) is 2.98. The first kappa shape index (κ1) is 18.8. The number of nitrogens with zero attached hydrogens (tertiary/aromatic N) is 1. The molecule has 6 nitrogen and oxygen atoms in total. The van der Waals surface area contributed by atoms with Crippen LogP contribution in [0.25, 0.3) is 11.3 Å². The van der Waals surface area contributed by atoms with Gasteiger partial charge in [-0.2, -0.15) is 0 Å². The molecule has 2 aliphatic rings. The molecule has 1 aromatic carbocycles. The molecule has 28 heavy (non-hydrogen) atoms. The fraction of sp³-hybridized carbons (Fsp3) is 0.381. The number of rotatable bonds is 6. The van der Waals surface area contributed by atoms with Crippen LogP contribution in [-0.4, -0.2) is 34.2 Å². The van der Waals surface area contributed by atoms with Crippen molar-refractivity contribution < 1.29 is 19.4 Å². The zero-order valence-electron chi connectivity index (χ0n) is 15.6. The average molecular weight is 398 g/mol. The lowest BCUT2D eigenvalue weighted by molar-refractivity contribution is -0.147. The third kappa shape index (κ3) is 3.36. The van der Waals surface area contributed by atoms with Gasteiger partial charge in [0, 0.05) is 10.4 Å². The lowest BCUT2D eigenvalue weighted by Crippen LogP contribution is -2.40. The number of amides is 1. The van der Waals surface area contributed by atoms with Gasteiger partial charge in [0.2, 0.25) is 5.91 Å². The summed E-state index contributed by atoms with van der Waals surface area (Å²) in [6.07, 6.45) is 3.43. The van der Waals surface area contributed by atoms with Gasteiger partial charge in [-0.15, -0.1) is 17.9 Å². The molecule has 4 atom stereocenters. The molecule has 7 heteroatoms. The number of benzene rings is 1. The van der Waals surface area contributed by atoms with E-state index < -0.39 is 17.8 Å². The van der Waals surface area contributed by atoms with E-state index in [1.54, 1.807) is 0 Å². The summed E-state index contributed by atoms with van der Waals surface area (Å²) in [6.45, 7) is 5.71. The number of hydrogen-bond donors (Lipinski definition) is 2. The Kier molecular flexibility index (Phi) is 5.03. The second-order valence-electron chi connectivity index (χ2n) is 7.28. The summed E-state index contributed by atoms with van der Waals surface area (Å²) in [5, 5.41) is 12.8. The molecule has 1 aromatic heterocycles. The smallest absolute Gasteiger partial charge is 0.310 e. The van der Waals surface area contributed by atoms with Gasteiger partial charge in [-0.25, -0.2) is 4.98 Å². The van der Waals surface area contributed by atoms with Crippen LogP contribution in [-0.2, 0) is 20.7 Å². The van der Waals surface area contributed by atoms with Crippen molar-refractivity contribution in [1.29, 1.82) is 0 Å². The van der Waals surface area contributed by atoms with E-state index in [9.17, 15) is 14.7 Å². The minimum absolute atomic E-state index is 0.316. The van der Waals surface area contributed by atoms with Gasteiger partial charge >= 0.3 is 5.97 Å². The highest BCUT2D eigenvalue weighted by Gasteiger charge is 2.55. The van der Waals surface area contributed by atoms with E-state index >= 15 is 0 Å². The summed E-state index contributed by atoms with van der Waals surface area (Å²) in [7, 11) is 0. The monoisotopic (exact) mass is 398 g/mol. The summed E-state index contributed by atoms with van der Waals surface area (Å²) < 4.78 is 5.68. The van der Waals surface area contributed by atoms with Crippen LogP contribution >= 0.6 is 11.3 Å². The topological polar surface area (TPSA) is 88.5 Å². The maximum Gasteiger partial charge on any atom is 0.310 e. The van der Waals surface area contributed by atoms with E-state index in [2.05, 4.69) is 16.9 Å². The van der Waals surface area contributed by atoms with Gasteiger partial charge in [0.05, 0.1) is 29.7 Å². The number of fused-ring (bicyclic) bond motifs is 2. The van der Waals surface area contributed by atoms with Crippen LogP contribution in [0.3, 0.4) is 0 Å². The van der Waals surface area contributed by atoms with Gasteiger partial charge in [0.1, 0.15) is 0 Å². The molecule has 0 saturated carbocycles. The number of allylic oxidation sites excluding steroid dienone is 1. The van der Waals surface area contributed by atoms with Crippen molar-refractivity contribution in [3.63, 3.8) is 0 Å². The van der Waals surface area contributed by atoms with Crippen LogP contribution in [0.5, 0.6) is 0 Å². The van der Waals surface area contributed by atoms with E-state index in [1.165, 1.54) is 16.9 Å². The van der Waals surface area contributed by atoms with Crippen molar-refractivity contribution in [2.24, 2.45) is 11.8 Å². The van der Waals surface area contributed by atoms with Gasteiger partial charge in [0.25, 0.3) is 0 Å². The first-order valence-corrected chi connectivity index (χ1v) is 10.2. The predicted molar refractivity (Wildman–Crippen MR) is 107 cm³/mol. The Balaban J connectivity index is 1.51. The van der Waals surface area contributed by atoms with Gasteiger partial charge in [-0.3, -0.25) is 9.59 Å². The molecule has 4 unspecified atom stereocenters. The number of carboxylic acids is 1. The fourth-order valence-corrected chi connectivity index (χ4v) is 5.04. The Morgan fingerprint density at radius 1 is 1.29 bits per heavy atom. The van der Waals surface area contributed by atoms with Crippen molar-refractivity contribution in [3.8, 4) is 11.3 Å². The molecule has 3 heterocycles. The van der Waals surface area contributed by atoms with Crippen LogP contribution in [0.15, 0.2) is 36.9 Å². The van der Waals surface area contributed by atoms with E-state index in [0.717, 1.165) is 29.0 Å². The standard InChI is InChI=1S/C21H22N2O4S/c1-3-4-12-5-7-13(8-6-12)18-11(2)28-21(22-18)23-19(24)16-14-9-10-15(27-14)17(16)20(25)26/h3,5-8,14-17H,1,4,9-10H2,2H3,(H,25,26)(H,22,23,24). The molecular weight excluding hydrogens is 376 g/mol. The zero-order valence-corrected chi connectivity index (χ0v) is 16.4. The summed E-state index contributed by atoms with van der Waals surface area (Å²) in [6, 6.07) is 8.10. The highest BCUT2D eigenvalue weighted by atomic mass is 32.1. The zero-order chi connectivity index (χ0) is 19.8. The number of carbonyl (C=O) groups excluding carboxylic acids is 1. The van der Waals surface area contributed by atoms with Crippen molar-refractivity contribution in [1.82, 2.24) is 4.98 Å². The molecule has 0 aliphatic carbocycles. The van der Waals surface area contributed by atoms with Gasteiger partial charge in [-0.1, -0.05) is 30.3 Å². The number of aliphatic carboxylic acids is 1. The molecule has 4 rings (SSSR count). The summed E-state index contributed by atoms with van der Waals surface area (Å²) >= 11 is 1.39. The lowest BCUT2D eigenvalue weighted by Gasteiger charge is -2.23. The van der Waals surface area contributed by atoms with Crippen molar-refractivity contribution in [2.75, 3.05) is 5.32 Å². The average Bonchev–Trinajstić information content (AvgIpc) is 3.37. The molecule has 2 aliphatic heterocycles. The Morgan fingerprint density at radius 3 is 2.61 bits per heavy atom. The molecule has 2 fully saturated rings. The van der Waals surface area contributed by atoms with Crippen molar-refractivity contribution >= 4 is 28.3 Å². The Morgan fingerprint density at radius 2 is 1.96 bits per heavy atom. The molecule has 146 valence electrons. The number of aryl methyl sites for hydroxylation is 1. The van der Waals surface area contributed by atoms with Crippen LogP contribution < -0.4 is 5.32 Å². The number of anilines is 1. The molecule has 0 spiro atoms. The van der Waals surface area contributed by atoms with Crippen LogP contribution in [0.4, 0.5) is 5.13 Å². The minimum Gasteiger partial charge on any atom is -0.481 e. The first-order chi connectivity index (χ1) is 13.5. The SMILES string of the molecule is C=CCc1ccc(-c2nc(NC(=O)C3C4CCC(O4)C3C(=O)O)sc2C)cc1. The number of carbonyl (C=O) groups is 2. The quantitative estimate of drug-likeness (QED) is 0.725. The first-order valence-electron chi connectivity index (χ1n) is 9.34. The number of nitrogens with one attached hydrogen (secondary N) is 1. The molecule has 2 aromatic rings. The number of carboxylic acid groups (broad SMARTS) is 1. The summed E-state index contributed by atoms with van der Waals surface area (Å²) in [4.78, 5) is 30.0. The number of aromatic nitrogens is 1. The Bertz CT molecular complexity index is 921. The van der Waals surface area contributed by atoms with Crippen LogP contribution in [0.1, 0.15) is 23.3 Å². The van der Waals surface area contributed by atoms with E-state index in [1.807, 2.05) is 37.3 Å². The largest absolute Gasteiger partial charge is 0.481 e. The van der Waals surface area contributed by atoms with Crippen molar-refractivity contribution in [3.05, 3.63) is 47.4 Å². The van der Waals surface area contributed by atoms with Crippen molar-refractivity contribution in [2.45, 2.75) is 38.4 Å². The molecule has 0 radical (unpaired) electrons. The van der Waals surface area contributed by atoms with Crippen LogP contribution in [0, 0.1) is 18.8 Å². The maximum absolute atomic E-state index is 12.8. The highest BCUT2D eigenvalue weighted by molar-refractivity contribution is 7.16. The molecule has 2 saturated heterocycles. The molecule has 2 bridgehead atoms. The number of hydrogen-bond acceptors (Lipinski definition) is 5. The second kappa shape index (κ2) is 7.48. The molecule has 1 amide bonds. The Labute approximate surface area is 167 Å². The van der Waals surface area contributed by atoms with Gasteiger partial charge in [-0.05, 0) is 31.7 Å². The van der Waals surface area contributed by atoms with Gasteiger partial charge in [0.15, 0.2) is 5.13 Å². The van der Waals surface area contributed by atoms with E-state index in [4.69, 9.17) is 4.74 Å². The third-order valence-corrected chi connectivity index (χ3v) is 6.38. The molecular formula is C21H22N2O4S. The lowest BCUT2D eigenvalue weighted by atomic mass is 9.79. The molecule has 2 N–H and O–H groups in total. The third-order valence-electron chi connectivity index (χ3n) is 5.50. The van der Waals surface area contributed by atoms with E-state index in [-0.39, 0.29) is 18.1 Å². The van der Waals surface area contributed by atoms with Crippen LogP contribution in [0.2, 0.25) is 0 Å². The summed E-state index contributed by atoms with van der Waals surface area (Å²) in [5.74, 6) is -2.73. The second-order valence-corrected chi connectivity index (χ2v) is 8.49. The predicted octanol–water partition coefficient (Wildman–Crippen LogP) is 3.66. The maximum atomic E-state index is 12.8. The highest BCUT2D eigenvalue weighted by Crippen LogP contribution is 2.44. The minimum atomic E-state index is -0.969. The fourth-order valence-electron chi connectivity index (χ4n) is 4.20. The normalized spacial score (nSPS) is 25.6. The van der Waals surface area contributed by atoms with E-state index in [0.29, 0.717) is 11.6 Å². The van der Waals surface area contributed by atoms with Gasteiger partial charge < -0.3 is 15.2 Å². The number of ether oxygens (including phenoxy) is 1.